The third kappa shape index (κ3) is 3.59. The third-order valence-electron chi connectivity index (χ3n) is 2.49. The van der Waals surface area contributed by atoms with Crippen molar-refractivity contribution in [1.29, 1.82) is 0 Å². The van der Waals surface area contributed by atoms with E-state index in [0.29, 0.717) is 4.99 Å². The monoisotopic (exact) mass is 215 g/mol. The van der Waals surface area contributed by atoms with Gasteiger partial charge in [0.1, 0.15) is 0 Å². The molecule has 14 heavy (non-hydrogen) atoms. The van der Waals surface area contributed by atoms with E-state index in [4.69, 9.17) is 18.0 Å². The van der Waals surface area contributed by atoms with Crippen LogP contribution in [0.25, 0.3) is 0 Å². The van der Waals surface area contributed by atoms with Gasteiger partial charge in [-0.1, -0.05) is 12.2 Å². The summed E-state index contributed by atoms with van der Waals surface area (Å²) in [4.78, 5) is 15.8. The zero-order valence-corrected chi connectivity index (χ0v) is 9.35. The van der Waals surface area contributed by atoms with Crippen molar-refractivity contribution in [3.63, 3.8) is 0 Å². The van der Waals surface area contributed by atoms with E-state index in [2.05, 4.69) is 4.90 Å². The lowest BCUT2D eigenvalue weighted by Gasteiger charge is -2.34. The SMILES string of the molecule is CC(=O)N1CCN(CCC(N)=S)CC1. The van der Waals surface area contributed by atoms with Crippen LogP contribution in [0, 0.1) is 0 Å². The molecule has 80 valence electrons. The predicted octanol–water partition coefficient (Wildman–Crippen LogP) is -0.173. The largest absolute Gasteiger partial charge is 0.393 e. The number of carbonyl (C=O) groups excluding carboxylic acids is 1. The number of nitrogens with two attached hydrogens (primary N) is 1. The van der Waals surface area contributed by atoms with Gasteiger partial charge in [-0.3, -0.25) is 9.69 Å². The van der Waals surface area contributed by atoms with Gasteiger partial charge in [0.05, 0.1) is 4.99 Å². The molecule has 1 aliphatic heterocycles. The Morgan fingerprint density at radius 3 is 2.36 bits per heavy atom. The van der Waals surface area contributed by atoms with Crippen molar-refractivity contribution in [1.82, 2.24) is 9.80 Å². The summed E-state index contributed by atoms with van der Waals surface area (Å²) in [5.74, 6) is 0.166. The van der Waals surface area contributed by atoms with Crippen LogP contribution in [-0.2, 0) is 4.79 Å². The summed E-state index contributed by atoms with van der Waals surface area (Å²) in [5, 5.41) is 0. The molecule has 5 heteroatoms. The molecule has 1 fully saturated rings. The maximum Gasteiger partial charge on any atom is 0.219 e. The summed E-state index contributed by atoms with van der Waals surface area (Å²) < 4.78 is 0. The van der Waals surface area contributed by atoms with Gasteiger partial charge in [0, 0.05) is 46.1 Å². The predicted molar refractivity (Wildman–Crippen MR) is 60.1 cm³/mol. The molecule has 0 bridgehead atoms. The molecule has 1 aliphatic rings. The fourth-order valence-electron chi connectivity index (χ4n) is 1.55. The van der Waals surface area contributed by atoms with Crippen LogP contribution in [0.2, 0.25) is 0 Å². The molecular weight excluding hydrogens is 198 g/mol. The van der Waals surface area contributed by atoms with Gasteiger partial charge < -0.3 is 10.6 Å². The summed E-state index contributed by atoms with van der Waals surface area (Å²) >= 11 is 4.82. The second-order valence-electron chi connectivity index (χ2n) is 3.56. The first-order chi connectivity index (χ1) is 6.59. The maximum absolute atomic E-state index is 11.0. The third-order valence-corrected chi connectivity index (χ3v) is 2.70. The van der Waals surface area contributed by atoms with E-state index >= 15 is 0 Å². The first kappa shape index (κ1) is 11.4. The van der Waals surface area contributed by atoms with Crippen molar-refractivity contribution < 1.29 is 4.79 Å². The highest BCUT2D eigenvalue weighted by atomic mass is 32.1. The van der Waals surface area contributed by atoms with Crippen molar-refractivity contribution in [3.8, 4) is 0 Å². The Kier molecular flexibility index (Phi) is 4.28. The van der Waals surface area contributed by atoms with Crippen molar-refractivity contribution >= 4 is 23.1 Å². The fourth-order valence-corrected chi connectivity index (χ4v) is 1.65. The van der Waals surface area contributed by atoms with Crippen LogP contribution < -0.4 is 5.73 Å². The Labute approximate surface area is 90.0 Å². The van der Waals surface area contributed by atoms with Gasteiger partial charge >= 0.3 is 0 Å². The number of nitrogens with zero attached hydrogens (tertiary/aromatic N) is 2. The zero-order chi connectivity index (χ0) is 10.6. The molecule has 0 radical (unpaired) electrons. The van der Waals surface area contributed by atoms with Crippen LogP contribution in [0.1, 0.15) is 13.3 Å². The smallest absolute Gasteiger partial charge is 0.219 e. The summed E-state index contributed by atoms with van der Waals surface area (Å²) in [6.45, 7) is 6.05. The number of piperazine rings is 1. The summed E-state index contributed by atoms with van der Waals surface area (Å²) in [6, 6.07) is 0. The number of hydrogen-bond donors (Lipinski definition) is 1. The number of thiocarbonyl (C=S) groups is 1. The average Bonchev–Trinajstić information content (AvgIpc) is 2.15. The second kappa shape index (κ2) is 5.26. The fraction of sp³-hybridized carbons (Fsp3) is 0.778. The molecule has 0 aromatic rings. The highest BCUT2D eigenvalue weighted by Gasteiger charge is 2.17. The average molecular weight is 215 g/mol. The van der Waals surface area contributed by atoms with E-state index in [-0.39, 0.29) is 5.91 Å². The minimum Gasteiger partial charge on any atom is -0.393 e. The van der Waals surface area contributed by atoms with Gasteiger partial charge in [-0.15, -0.1) is 0 Å². The molecule has 1 amide bonds. The molecule has 0 unspecified atom stereocenters. The minimum atomic E-state index is 0.166. The van der Waals surface area contributed by atoms with E-state index < -0.39 is 0 Å². The number of rotatable bonds is 3. The van der Waals surface area contributed by atoms with Crippen LogP contribution in [0.3, 0.4) is 0 Å². The van der Waals surface area contributed by atoms with Crippen molar-refractivity contribution in [3.05, 3.63) is 0 Å². The Hall–Kier alpha value is -0.680. The molecule has 0 atom stereocenters. The molecule has 2 N–H and O–H groups in total. The molecule has 0 saturated carbocycles. The summed E-state index contributed by atoms with van der Waals surface area (Å²) in [5.41, 5.74) is 5.43. The first-order valence-electron chi connectivity index (χ1n) is 4.86. The number of hydrogen-bond acceptors (Lipinski definition) is 3. The highest BCUT2D eigenvalue weighted by molar-refractivity contribution is 7.80. The van der Waals surface area contributed by atoms with Gasteiger partial charge in [0.15, 0.2) is 0 Å². The van der Waals surface area contributed by atoms with Gasteiger partial charge in [0.25, 0.3) is 0 Å². The molecule has 1 heterocycles. The molecule has 0 spiro atoms. The van der Waals surface area contributed by atoms with Crippen LogP contribution in [0.4, 0.5) is 0 Å². The Morgan fingerprint density at radius 2 is 1.93 bits per heavy atom. The van der Waals surface area contributed by atoms with Crippen molar-refractivity contribution in [2.45, 2.75) is 13.3 Å². The molecule has 0 aromatic heterocycles. The lowest BCUT2D eigenvalue weighted by molar-refractivity contribution is -0.130. The van der Waals surface area contributed by atoms with E-state index in [1.54, 1.807) is 6.92 Å². The molecule has 0 aliphatic carbocycles. The van der Waals surface area contributed by atoms with Gasteiger partial charge in [-0.05, 0) is 0 Å². The zero-order valence-electron chi connectivity index (χ0n) is 8.53. The molecule has 1 rings (SSSR count). The van der Waals surface area contributed by atoms with E-state index in [9.17, 15) is 4.79 Å². The lowest BCUT2D eigenvalue weighted by atomic mass is 10.3. The number of amides is 1. The summed E-state index contributed by atoms with van der Waals surface area (Å²) in [6.07, 6.45) is 0.773. The van der Waals surface area contributed by atoms with Crippen LogP contribution in [0.15, 0.2) is 0 Å². The number of carbonyl (C=O) groups is 1. The lowest BCUT2D eigenvalue weighted by Crippen LogP contribution is -2.48. The van der Waals surface area contributed by atoms with Crippen LogP contribution in [-0.4, -0.2) is 53.4 Å². The van der Waals surface area contributed by atoms with Gasteiger partial charge in [-0.2, -0.15) is 0 Å². The highest BCUT2D eigenvalue weighted by Crippen LogP contribution is 2.02. The van der Waals surface area contributed by atoms with Crippen molar-refractivity contribution in [2.75, 3.05) is 32.7 Å². The van der Waals surface area contributed by atoms with Gasteiger partial charge in [-0.25, -0.2) is 0 Å². The molecule has 4 nitrogen and oxygen atoms in total. The van der Waals surface area contributed by atoms with E-state index in [1.165, 1.54) is 0 Å². The van der Waals surface area contributed by atoms with Crippen molar-refractivity contribution in [2.24, 2.45) is 5.73 Å². The Bertz CT molecular complexity index is 224. The standard InChI is InChI=1S/C9H17N3OS/c1-8(13)12-6-4-11(5-7-12)3-2-9(10)14/h2-7H2,1H3,(H2,10,14). The minimum absolute atomic E-state index is 0.166. The summed E-state index contributed by atoms with van der Waals surface area (Å²) in [7, 11) is 0. The first-order valence-corrected chi connectivity index (χ1v) is 5.26. The van der Waals surface area contributed by atoms with E-state index in [1.807, 2.05) is 4.90 Å². The second-order valence-corrected chi connectivity index (χ2v) is 4.09. The normalized spacial score (nSPS) is 18.2. The van der Waals surface area contributed by atoms with Gasteiger partial charge in [0.2, 0.25) is 5.91 Å². The topological polar surface area (TPSA) is 49.6 Å². The maximum atomic E-state index is 11.0. The van der Waals surface area contributed by atoms with E-state index in [0.717, 1.165) is 39.1 Å². The Balaban J connectivity index is 2.22. The molecular formula is C9H17N3OS. The molecule has 1 saturated heterocycles. The molecule has 0 aromatic carbocycles. The quantitative estimate of drug-likeness (QED) is 0.664. The van der Waals surface area contributed by atoms with Crippen LogP contribution in [0.5, 0.6) is 0 Å². The Morgan fingerprint density at radius 1 is 1.36 bits per heavy atom. The van der Waals surface area contributed by atoms with Crippen LogP contribution >= 0.6 is 12.2 Å².